The zero-order valence-corrected chi connectivity index (χ0v) is 20.1. The Kier molecular flexibility index (Phi) is 13.1. The second-order valence-corrected chi connectivity index (χ2v) is 8.07. The van der Waals surface area contributed by atoms with Gasteiger partial charge in [0.15, 0.2) is 24.8 Å². The summed E-state index contributed by atoms with van der Waals surface area (Å²) < 4.78 is 4.07. The average molecular weight is 407 g/mol. The van der Waals surface area contributed by atoms with Gasteiger partial charge in [-0.25, -0.2) is 9.13 Å². The van der Waals surface area contributed by atoms with Gasteiger partial charge in [-0.1, -0.05) is 87.8 Å². The lowest BCUT2D eigenvalue weighted by Gasteiger charge is -1.97. The molecule has 30 heavy (non-hydrogen) atoms. The van der Waals surface area contributed by atoms with Crippen molar-refractivity contribution in [2.24, 2.45) is 14.1 Å². The molecule has 1 aromatic carbocycles. The summed E-state index contributed by atoms with van der Waals surface area (Å²) in [5, 5.41) is 0. The molecule has 0 bridgehead atoms. The first-order chi connectivity index (χ1) is 14.5. The largest absolute Gasteiger partial charge is 0.208 e. The van der Waals surface area contributed by atoms with E-state index < -0.39 is 0 Å². The van der Waals surface area contributed by atoms with Gasteiger partial charge in [-0.05, 0) is 25.0 Å². The van der Waals surface area contributed by atoms with Gasteiger partial charge in [0.2, 0.25) is 0 Å². The Labute approximate surface area is 185 Å². The fourth-order valence-corrected chi connectivity index (χ4v) is 2.88. The van der Waals surface area contributed by atoms with E-state index in [1.54, 1.807) is 0 Å². The van der Waals surface area contributed by atoms with Crippen LogP contribution in [0.3, 0.4) is 0 Å². The molecule has 2 heteroatoms. The summed E-state index contributed by atoms with van der Waals surface area (Å²) in [7, 11) is 4.05. The third-order valence-corrected chi connectivity index (χ3v) is 4.97. The predicted octanol–water partition coefficient (Wildman–Crippen LogP) is 6.67. The molecule has 0 saturated carbocycles. The molecule has 0 fully saturated rings. The first kappa shape index (κ1) is 25.6. The van der Waals surface area contributed by atoms with Gasteiger partial charge < -0.3 is 0 Å². The summed E-state index contributed by atoms with van der Waals surface area (Å²) >= 11 is 0. The SMILES string of the molecule is CCCCCCCC.C[n+]1ccc(-c2cc[n+](C)cc2)cc1.Cc1ccc(C)cc1. The Bertz CT molecular complexity index is 717. The van der Waals surface area contributed by atoms with Crippen LogP contribution in [0.15, 0.2) is 73.3 Å². The molecule has 3 aromatic rings. The highest BCUT2D eigenvalue weighted by atomic mass is 14.9. The Hall–Kier alpha value is -2.48. The van der Waals surface area contributed by atoms with E-state index >= 15 is 0 Å². The monoisotopic (exact) mass is 406 g/mol. The molecule has 0 aliphatic carbocycles. The number of pyridine rings is 2. The van der Waals surface area contributed by atoms with Crippen LogP contribution in [0.25, 0.3) is 11.1 Å². The van der Waals surface area contributed by atoms with Crippen molar-refractivity contribution in [2.45, 2.75) is 66.2 Å². The number of aromatic nitrogens is 2. The van der Waals surface area contributed by atoms with E-state index in [-0.39, 0.29) is 0 Å². The normalized spacial score (nSPS) is 9.80. The fraction of sp³-hybridized carbons (Fsp3) is 0.429. The van der Waals surface area contributed by atoms with Crippen LogP contribution in [0, 0.1) is 13.8 Å². The molecule has 0 saturated heterocycles. The van der Waals surface area contributed by atoms with Crippen LogP contribution in [-0.4, -0.2) is 0 Å². The Balaban J connectivity index is 0.000000243. The molecule has 0 N–H and O–H groups in total. The molecule has 2 aromatic heterocycles. The molecule has 2 heterocycles. The molecule has 0 radical (unpaired) electrons. The topological polar surface area (TPSA) is 7.76 Å². The van der Waals surface area contributed by atoms with Gasteiger partial charge in [-0.2, -0.15) is 0 Å². The van der Waals surface area contributed by atoms with E-state index in [2.05, 4.69) is 101 Å². The first-order valence-corrected chi connectivity index (χ1v) is 11.4. The molecule has 0 atom stereocenters. The van der Waals surface area contributed by atoms with Crippen molar-refractivity contribution < 1.29 is 9.13 Å². The molecule has 0 spiro atoms. The summed E-state index contributed by atoms with van der Waals surface area (Å²) in [6, 6.07) is 17.0. The highest BCUT2D eigenvalue weighted by Gasteiger charge is 2.00. The van der Waals surface area contributed by atoms with Crippen molar-refractivity contribution in [2.75, 3.05) is 0 Å². The molecular formula is C28H42N2+2. The third kappa shape index (κ3) is 11.5. The van der Waals surface area contributed by atoms with E-state index in [9.17, 15) is 0 Å². The molecule has 2 nitrogen and oxygen atoms in total. The van der Waals surface area contributed by atoms with Crippen LogP contribution in [-0.2, 0) is 14.1 Å². The predicted molar refractivity (Wildman–Crippen MR) is 129 cm³/mol. The van der Waals surface area contributed by atoms with E-state index in [0.717, 1.165) is 0 Å². The Morgan fingerprint density at radius 3 is 1.07 bits per heavy atom. The number of rotatable bonds is 6. The van der Waals surface area contributed by atoms with Gasteiger partial charge in [0.05, 0.1) is 0 Å². The van der Waals surface area contributed by atoms with E-state index in [1.807, 2.05) is 23.2 Å². The second kappa shape index (κ2) is 15.4. The zero-order chi connectivity index (χ0) is 22.2. The van der Waals surface area contributed by atoms with Gasteiger partial charge >= 0.3 is 0 Å². The lowest BCUT2D eigenvalue weighted by atomic mass is 10.1. The maximum Gasteiger partial charge on any atom is 0.169 e. The van der Waals surface area contributed by atoms with Crippen molar-refractivity contribution in [3.63, 3.8) is 0 Å². The highest BCUT2D eigenvalue weighted by molar-refractivity contribution is 5.60. The highest BCUT2D eigenvalue weighted by Crippen LogP contribution is 2.15. The Morgan fingerprint density at radius 1 is 0.500 bits per heavy atom. The van der Waals surface area contributed by atoms with Crippen LogP contribution < -0.4 is 9.13 Å². The summed E-state index contributed by atoms with van der Waals surface area (Å²) in [5.41, 5.74) is 5.17. The van der Waals surface area contributed by atoms with E-state index in [0.29, 0.717) is 0 Å². The Morgan fingerprint density at radius 2 is 0.800 bits per heavy atom. The number of aryl methyl sites for hydroxylation is 4. The van der Waals surface area contributed by atoms with Gasteiger partial charge in [0, 0.05) is 24.3 Å². The number of nitrogens with zero attached hydrogens (tertiary/aromatic N) is 2. The minimum absolute atomic E-state index is 1.25. The molecule has 0 aliphatic heterocycles. The minimum Gasteiger partial charge on any atom is -0.208 e. The number of benzene rings is 1. The fourth-order valence-electron chi connectivity index (χ4n) is 2.88. The summed E-state index contributed by atoms with van der Waals surface area (Å²) in [6.45, 7) is 8.71. The zero-order valence-electron chi connectivity index (χ0n) is 20.1. The van der Waals surface area contributed by atoms with Crippen LogP contribution >= 0.6 is 0 Å². The van der Waals surface area contributed by atoms with Crippen LogP contribution in [0.4, 0.5) is 0 Å². The van der Waals surface area contributed by atoms with Gasteiger partial charge in [-0.3, -0.25) is 0 Å². The van der Waals surface area contributed by atoms with Gasteiger partial charge in [-0.15, -0.1) is 0 Å². The average Bonchev–Trinajstić information content (AvgIpc) is 2.76. The molecule has 0 aliphatic rings. The number of unbranched alkanes of at least 4 members (excludes halogenated alkanes) is 5. The van der Waals surface area contributed by atoms with Crippen molar-refractivity contribution in [3.8, 4) is 11.1 Å². The van der Waals surface area contributed by atoms with E-state index in [4.69, 9.17) is 0 Å². The van der Waals surface area contributed by atoms with Crippen molar-refractivity contribution in [1.82, 2.24) is 0 Å². The molecule has 0 unspecified atom stereocenters. The smallest absolute Gasteiger partial charge is 0.169 e. The summed E-state index contributed by atoms with van der Waals surface area (Å²) in [5.74, 6) is 0. The van der Waals surface area contributed by atoms with Crippen molar-refractivity contribution in [1.29, 1.82) is 0 Å². The molecule has 0 amide bonds. The lowest BCUT2D eigenvalue weighted by molar-refractivity contribution is -0.671. The maximum atomic E-state index is 2.26. The molecule has 162 valence electrons. The number of hydrogen-bond acceptors (Lipinski definition) is 0. The van der Waals surface area contributed by atoms with Crippen LogP contribution in [0.1, 0.15) is 63.5 Å². The third-order valence-electron chi connectivity index (χ3n) is 4.97. The van der Waals surface area contributed by atoms with Crippen LogP contribution in [0.2, 0.25) is 0 Å². The van der Waals surface area contributed by atoms with Crippen molar-refractivity contribution >= 4 is 0 Å². The lowest BCUT2D eigenvalue weighted by Crippen LogP contribution is -2.26. The van der Waals surface area contributed by atoms with Crippen molar-refractivity contribution in [3.05, 3.63) is 84.4 Å². The van der Waals surface area contributed by atoms with E-state index in [1.165, 1.54) is 60.8 Å². The quantitative estimate of drug-likeness (QED) is 0.319. The summed E-state index contributed by atoms with van der Waals surface area (Å²) in [6.07, 6.45) is 16.7. The summed E-state index contributed by atoms with van der Waals surface area (Å²) in [4.78, 5) is 0. The maximum absolute atomic E-state index is 2.26. The second-order valence-electron chi connectivity index (χ2n) is 8.07. The van der Waals surface area contributed by atoms with Crippen LogP contribution in [0.5, 0.6) is 0 Å². The molecular weight excluding hydrogens is 364 g/mol. The van der Waals surface area contributed by atoms with Gasteiger partial charge in [0.1, 0.15) is 14.1 Å². The molecule has 3 rings (SSSR count). The number of hydrogen-bond donors (Lipinski definition) is 0. The first-order valence-electron chi connectivity index (χ1n) is 11.4. The van der Waals surface area contributed by atoms with Gasteiger partial charge in [0.25, 0.3) is 0 Å². The standard InChI is InChI=1S/C12H14N2.C8H10.C8H18/c1-13-7-3-11(4-8-13)12-5-9-14(2)10-6-12;1-7-3-5-8(2)6-4-7;1-3-5-7-8-6-4-2/h3-10H,1-2H3;3-6H,1-2H3;3-8H2,1-2H3/q+2;;. The minimum atomic E-state index is 1.25.